The van der Waals surface area contributed by atoms with Crippen LogP contribution in [0.3, 0.4) is 0 Å². The van der Waals surface area contributed by atoms with Crippen LogP contribution in [0.5, 0.6) is 5.75 Å². The highest BCUT2D eigenvalue weighted by atomic mass is 79.9. The van der Waals surface area contributed by atoms with E-state index in [-0.39, 0.29) is 6.61 Å². The first kappa shape index (κ1) is 13.6. The minimum absolute atomic E-state index is 0.277. The summed E-state index contributed by atoms with van der Waals surface area (Å²) in [4.78, 5) is 0. The number of ether oxygens (including phenoxy) is 1. The summed E-state index contributed by atoms with van der Waals surface area (Å²) in [7, 11) is 0. The lowest BCUT2D eigenvalue weighted by molar-refractivity contribution is 0.365. The number of nitrogens with one attached hydrogen (secondary N) is 1. The fraction of sp³-hybridized carbons (Fsp3) is 0.286. The topological polar surface area (TPSA) is 21.3 Å². The van der Waals surface area contributed by atoms with Crippen molar-refractivity contribution in [2.75, 3.05) is 13.2 Å². The van der Waals surface area contributed by atoms with Crippen molar-refractivity contribution in [3.63, 3.8) is 0 Å². The zero-order valence-electron chi connectivity index (χ0n) is 9.50. The molecule has 1 aromatic carbocycles. The van der Waals surface area contributed by atoms with Gasteiger partial charge in [0.15, 0.2) is 0 Å². The van der Waals surface area contributed by atoms with Gasteiger partial charge in [-0.1, -0.05) is 21.9 Å². The summed E-state index contributed by atoms with van der Waals surface area (Å²) in [5.74, 6) is 5.84. The molecule has 2 nitrogen and oxygen atoms in total. The third-order valence-corrected chi connectivity index (χ3v) is 2.59. The van der Waals surface area contributed by atoms with Gasteiger partial charge in [-0.25, -0.2) is 0 Å². The first-order valence-electron chi connectivity index (χ1n) is 5.26. The van der Waals surface area contributed by atoms with Crippen molar-refractivity contribution in [1.29, 1.82) is 0 Å². The standard InChI is InChI=1S/C14H14BrNO/c1-3-5-8-16-11-12-10-13(15)6-7-14(12)17-9-4-2/h1-2,6-7,10,16H,5,8-9,11H2. The summed E-state index contributed by atoms with van der Waals surface area (Å²) in [6.07, 6.45) is 11.1. The normalized spacial score (nSPS) is 9.35. The number of halogens is 1. The Bertz CT molecular complexity index is 443. The Morgan fingerprint density at radius 2 is 2.12 bits per heavy atom. The number of benzene rings is 1. The molecular weight excluding hydrogens is 278 g/mol. The summed E-state index contributed by atoms with van der Waals surface area (Å²) in [6, 6.07) is 5.84. The Balaban J connectivity index is 2.64. The Morgan fingerprint density at radius 3 is 2.82 bits per heavy atom. The second-order valence-electron chi connectivity index (χ2n) is 3.38. The van der Waals surface area contributed by atoms with Gasteiger partial charge in [0.25, 0.3) is 0 Å². The predicted octanol–water partition coefficient (Wildman–Crippen LogP) is 2.57. The van der Waals surface area contributed by atoms with Gasteiger partial charge in [-0.3, -0.25) is 0 Å². The molecule has 3 heteroatoms. The van der Waals surface area contributed by atoms with Crippen LogP contribution in [0.15, 0.2) is 22.7 Å². The predicted molar refractivity (Wildman–Crippen MR) is 73.6 cm³/mol. The van der Waals surface area contributed by atoms with Crippen LogP contribution in [-0.2, 0) is 6.54 Å². The molecule has 0 radical (unpaired) electrons. The van der Waals surface area contributed by atoms with Crippen molar-refractivity contribution in [3.8, 4) is 30.4 Å². The maximum absolute atomic E-state index is 5.46. The molecule has 17 heavy (non-hydrogen) atoms. The van der Waals surface area contributed by atoms with Crippen LogP contribution in [0.25, 0.3) is 0 Å². The molecule has 0 saturated heterocycles. The van der Waals surface area contributed by atoms with Crippen molar-refractivity contribution >= 4 is 15.9 Å². The Kier molecular flexibility index (Phi) is 6.25. The number of hydrogen-bond acceptors (Lipinski definition) is 2. The average Bonchev–Trinajstić information content (AvgIpc) is 2.33. The molecule has 0 unspecified atom stereocenters. The van der Waals surface area contributed by atoms with Crippen molar-refractivity contribution < 1.29 is 4.74 Å². The van der Waals surface area contributed by atoms with E-state index in [0.29, 0.717) is 13.0 Å². The third kappa shape index (κ3) is 4.95. The van der Waals surface area contributed by atoms with E-state index in [2.05, 4.69) is 33.1 Å². The summed E-state index contributed by atoms with van der Waals surface area (Å²) >= 11 is 3.43. The highest BCUT2D eigenvalue weighted by Gasteiger charge is 2.03. The van der Waals surface area contributed by atoms with Crippen molar-refractivity contribution in [2.24, 2.45) is 0 Å². The summed E-state index contributed by atoms with van der Waals surface area (Å²) < 4.78 is 6.47. The molecular formula is C14H14BrNO. The van der Waals surface area contributed by atoms with E-state index < -0.39 is 0 Å². The minimum Gasteiger partial charge on any atom is -0.481 e. The monoisotopic (exact) mass is 291 g/mol. The van der Waals surface area contributed by atoms with Gasteiger partial charge in [0, 0.05) is 29.5 Å². The van der Waals surface area contributed by atoms with Crippen LogP contribution < -0.4 is 10.1 Å². The minimum atomic E-state index is 0.277. The molecule has 0 aliphatic heterocycles. The molecule has 0 spiro atoms. The maximum atomic E-state index is 5.46. The van der Waals surface area contributed by atoms with Gasteiger partial charge < -0.3 is 10.1 Å². The molecule has 0 aliphatic carbocycles. The van der Waals surface area contributed by atoms with Gasteiger partial charge in [0.2, 0.25) is 0 Å². The van der Waals surface area contributed by atoms with Crippen molar-refractivity contribution in [3.05, 3.63) is 28.2 Å². The molecule has 0 aliphatic rings. The first-order chi connectivity index (χ1) is 8.27. The largest absolute Gasteiger partial charge is 0.481 e. The van der Waals surface area contributed by atoms with Gasteiger partial charge in [-0.05, 0) is 18.2 Å². The molecule has 0 saturated carbocycles. The quantitative estimate of drug-likeness (QED) is 0.643. The Labute approximate surface area is 111 Å². The van der Waals surface area contributed by atoms with Crippen LogP contribution in [0, 0.1) is 24.7 Å². The zero-order chi connectivity index (χ0) is 12.5. The van der Waals surface area contributed by atoms with Gasteiger partial charge in [0.1, 0.15) is 12.4 Å². The van der Waals surface area contributed by atoms with E-state index >= 15 is 0 Å². The smallest absolute Gasteiger partial charge is 0.148 e. The molecule has 0 bridgehead atoms. The van der Waals surface area contributed by atoms with Crippen LogP contribution in [0.4, 0.5) is 0 Å². The first-order valence-corrected chi connectivity index (χ1v) is 6.06. The van der Waals surface area contributed by atoms with E-state index in [1.54, 1.807) is 0 Å². The van der Waals surface area contributed by atoms with Gasteiger partial charge in [-0.15, -0.1) is 18.8 Å². The lowest BCUT2D eigenvalue weighted by atomic mass is 10.2. The van der Waals surface area contributed by atoms with Crippen molar-refractivity contribution in [1.82, 2.24) is 5.32 Å². The molecule has 0 amide bonds. The molecule has 0 fully saturated rings. The summed E-state index contributed by atoms with van der Waals surface area (Å²) in [5, 5.41) is 3.25. The molecule has 1 rings (SSSR count). The number of terminal acetylenes is 2. The highest BCUT2D eigenvalue weighted by Crippen LogP contribution is 2.23. The van der Waals surface area contributed by atoms with E-state index in [0.717, 1.165) is 22.3 Å². The van der Waals surface area contributed by atoms with E-state index in [9.17, 15) is 0 Å². The van der Waals surface area contributed by atoms with Crippen LogP contribution >= 0.6 is 15.9 Å². The highest BCUT2D eigenvalue weighted by molar-refractivity contribution is 9.10. The zero-order valence-corrected chi connectivity index (χ0v) is 11.1. The summed E-state index contributed by atoms with van der Waals surface area (Å²) in [6.45, 7) is 1.78. The Morgan fingerprint density at radius 1 is 1.29 bits per heavy atom. The lowest BCUT2D eigenvalue weighted by Crippen LogP contribution is -2.15. The van der Waals surface area contributed by atoms with Gasteiger partial charge >= 0.3 is 0 Å². The summed E-state index contributed by atoms with van der Waals surface area (Å²) in [5.41, 5.74) is 1.06. The molecule has 0 atom stereocenters. The van der Waals surface area contributed by atoms with Crippen molar-refractivity contribution in [2.45, 2.75) is 13.0 Å². The molecule has 1 N–H and O–H groups in total. The van der Waals surface area contributed by atoms with Crippen LogP contribution in [-0.4, -0.2) is 13.2 Å². The fourth-order valence-electron chi connectivity index (χ4n) is 1.33. The molecule has 0 aromatic heterocycles. The van der Waals surface area contributed by atoms with E-state index in [4.69, 9.17) is 17.6 Å². The average molecular weight is 292 g/mol. The lowest BCUT2D eigenvalue weighted by Gasteiger charge is -2.10. The SMILES string of the molecule is C#CCCNCc1cc(Br)ccc1OCC#C. The molecule has 88 valence electrons. The van der Waals surface area contributed by atoms with E-state index in [1.807, 2.05) is 18.2 Å². The second kappa shape index (κ2) is 7.79. The van der Waals surface area contributed by atoms with Crippen LogP contribution in [0.1, 0.15) is 12.0 Å². The molecule has 0 heterocycles. The van der Waals surface area contributed by atoms with Crippen LogP contribution in [0.2, 0.25) is 0 Å². The number of hydrogen-bond donors (Lipinski definition) is 1. The third-order valence-electron chi connectivity index (χ3n) is 2.10. The Hall–Kier alpha value is -1.42. The van der Waals surface area contributed by atoms with Gasteiger partial charge in [0.05, 0.1) is 0 Å². The van der Waals surface area contributed by atoms with E-state index in [1.165, 1.54) is 0 Å². The second-order valence-corrected chi connectivity index (χ2v) is 4.29. The maximum Gasteiger partial charge on any atom is 0.148 e. The number of rotatable bonds is 6. The molecule has 1 aromatic rings. The fourth-order valence-corrected chi connectivity index (χ4v) is 1.74. The van der Waals surface area contributed by atoms with Gasteiger partial charge in [-0.2, -0.15) is 0 Å².